The van der Waals surface area contributed by atoms with Gasteiger partial charge in [-0.15, -0.1) is 0 Å². The highest BCUT2D eigenvalue weighted by Crippen LogP contribution is 2.41. The Labute approximate surface area is 828 Å². The summed E-state index contributed by atoms with van der Waals surface area (Å²) in [6.45, 7) is 35.4. The lowest BCUT2D eigenvalue weighted by molar-refractivity contribution is 0.121. The molecule has 7 aliphatic rings. The zero-order valence-electron chi connectivity index (χ0n) is 82.9. The van der Waals surface area contributed by atoms with Crippen molar-refractivity contribution in [3.63, 3.8) is 0 Å². The molecule has 4 aliphatic heterocycles. The average molecular weight is 1920 g/mol. The van der Waals surface area contributed by atoms with Crippen molar-refractivity contribution >= 4 is 105 Å². The van der Waals surface area contributed by atoms with E-state index in [-0.39, 0.29) is 66.2 Å². The molecule has 4 fully saturated rings. The minimum atomic E-state index is -0.420. The highest BCUT2D eigenvalue weighted by Gasteiger charge is 2.40. The lowest BCUT2D eigenvalue weighted by Crippen LogP contribution is -2.63. The first-order valence-electron chi connectivity index (χ1n) is 48.5. The number of amides is 8. The third-order valence-electron chi connectivity index (χ3n) is 27.7. The van der Waals surface area contributed by atoms with E-state index in [4.69, 9.17) is 16.3 Å². The van der Waals surface area contributed by atoms with Crippen LogP contribution in [0.1, 0.15) is 180 Å². The van der Waals surface area contributed by atoms with Crippen molar-refractivity contribution in [3.8, 4) is 17.1 Å². The van der Waals surface area contributed by atoms with E-state index in [9.17, 15) is 23.6 Å². The summed E-state index contributed by atoms with van der Waals surface area (Å²) in [5.74, 6) is 3.96. The highest BCUT2D eigenvalue weighted by atomic mass is 35.5. The first-order valence-corrected chi connectivity index (χ1v) is 48.8. The van der Waals surface area contributed by atoms with Gasteiger partial charge in [-0.3, -0.25) is 4.68 Å². The van der Waals surface area contributed by atoms with Crippen LogP contribution in [-0.2, 0) is 26.3 Å². The maximum Gasteiger partial charge on any atom is 0.318 e. The number of nitrogens with one attached hydrogen (secondary N) is 5. The number of aryl methyl sites for hydroxylation is 6. The predicted octanol–water partition coefficient (Wildman–Crippen LogP) is 18.7. The fourth-order valence-electron chi connectivity index (χ4n) is 19.5. The number of nitrogens with zero attached hydrogens (tertiary/aromatic N) is 19. The third kappa shape index (κ3) is 22.7. The minimum absolute atomic E-state index is 0.000189. The maximum absolute atomic E-state index is 13.3. The van der Waals surface area contributed by atoms with E-state index in [0.29, 0.717) is 69.8 Å². The summed E-state index contributed by atoms with van der Waals surface area (Å²) >= 11 is 6.01. The number of halogens is 2. The standard InChI is InChI=1S/C29H33N5O.C28H31N5O.C27H30ClN7O2.C26H30FN7O/c1-19-5-9-23(10-6-19)22(4)32-29(35)34-14-13-33(17-21(34)3)28-26-15-25(16-27(26)30-18-31-28)24-11-7-20(2)8-12-24;1-19-4-8-22(9-5-19)21(3)31-28(34)33-14-12-32(13-15-33)27-25-16-24(17-26(25)29-18-30-27)23-10-6-20(2)7-11-23;1-17(18-5-7-20(28)8-6-18)32-26(36)35-12-11-34(15-27(35,2)3)25-21-14-22(33-24(21)30-16-31-25)19-9-10-29-23(13-19)37-4;1-16-13-33(9-10-34(16)26(35)30-17(2)19-5-7-21(27)8-6-19)25-22-11-20(12-24(22)28-15-29-25)23-14-32(4)31-18(23)3/h5-12,15,18,21-22H,13-14,16-17H2,1-4H3,(H,32,35);4-11,16,18,21H,12-15,17H2,1-3H3,(H,31,34);5-10,13-14,16-17H,11-12,15H2,1-4H3,(H,32,36)(H,30,31,33);5-8,11,14-17H,9-10,12-13H2,1-4H3,(H,30,35)/t21-,22+;21-;17-;16-,17+/m1001/s1. The number of fused-ring (bicyclic) bond motifs is 4. The maximum atomic E-state index is 13.3. The molecule has 4 saturated heterocycles. The zero-order valence-corrected chi connectivity index (χ0v) is 83.6. The zero-order chi connectivity index (χ0) is 99.0. The van der Waals surface area contributed by atoms with Crippen molar-refractivity contribution in [1.82, 2.24) is 100 Å². The molecule has 0 radical (unpaired) electrons. The number of aromatic amines is 1. The van der Waals surface area contributed by atoms with Crippen LogP contribution in [0.15, 0.2) is 201 Å². The molecule has 31 heteroatoms. The van der Waals surface area contributed by atoms with E-state index in [2.05, 4.69) is 273 Å². The van der Waals surface area contributed by atoms with Crippen LogP contribution in [0.25, 0.3) is 57.2 Å². The molecule has 0 bridgehead atoms. The molecule has 0 unspecified atom stereocenters. The van der Waals surface area contributed by atoms with Crippen LogP contribution in [-0.4, -0.2) is 213 Å². The molecule has 728 valence electrons. The largest absolute Gasteiger partial charge is 0.481 e. The van der Waals surface area contributed by atoms with Gasteiger partial charge in [-0.2, -0.15) is 5.10 Å². The van der Waals surface area contributed by atoms with Crippen molar-refractivity contribution in [3.05, 3.63) is 313 Å². The van der Waals surface area contributed by atoms with Crippen LogP contribution in [0.3, 0.4) is 0 Å². The van der Waals surface area contributed by atoms with E-state index in [1.165, 1.54) is 62.2 Å². The summed E-state index contributed by atoms with van der Waals surface area (Å²) in [7, 11) is 3.53. The molecule has 0 spiro atoms. The van der Waals surface area contributed by atoms with Gasteiger partial charge >= 0.3 is 24.1 Å². The second-order valence-corrected chi connectivity index (χ2v) is 38.9. The van der Waals surface area contributed by atoms with Gasteiger partial charge in [0.15, 0.2) is 0 Å². The molecule has 3 aliphatic carbocycles. The molecule has 5 N–H and O–H groups in total. The molecule has 141 heavy (non-hydrogen) atoms. The molecule has 0 saturated carbocycles. The van der Waals surface area contributed by atoms with Crippen LogP contribution in [0, 0.1) is 40.4 Å². The van der Waals surface area contributed by atoms with Gasteiger partial charge in [0.25, 0.3) is 0 Å². The SMILES string of the molecule is COc1cc(-c2cc3c(N4CCN(C(=O)N[C@@H](C)c5ccc(Cl)cc5)C(C)(C)C4)ncnc3[nH]2)ccn1.Cc1ccc(C2=Cc3c(ncnc3N3CCN(C(=O)N[C@@H](C)c4ccc(C)cc4)CC3)C2)cc1.Cc1ccc(C2=Cc3c(ncnc3N3CCN(C(=O)N[C@@H](C)c4ccc(C)cc4)[C@H](C)C3)C2)cc1.Cc1nn(C)cc1C1=Cc2c(ncnc2N2CCN(C(=O)N[C@@H](C)c3ccc(F)cc3)[C@H](C)C2)C1. The number of ether oxygens (including phenoxy) is 1. The third-order valence-corrected chi connectivity index (χ3v) is 27.9. The first-order chi connectivity index (χ1) is 67.9. The number of piperazine rings is 4. The molecular formula is C110H124ClFN24O5. The number of benzene rings is 6. The van der Waals surface area contributed by atoms with Gasteiger partial charge in [-0.1, -0.05) is 155 Å². The van der Waals surface area contributed by atoms with E-state index in [1.54, 1.807) is 50.7 Å². The molecule has 7 aromatic heterocycles. The molecule has 11 heterocycles. The van der Waals surface area contributed by atoms with Gasteiger partial charge in [0.2, 0.25) is 5.88 Å². The molecule has 6 aromatic carbocycles. The number of methoxy groups -OCH3 is 1. The summed E-state index contributed by atoms with van der Waals surface area (Å²) in [5.41, 5.74) is 26.1. The van der Waals surface area contributed by atoms with Crippen LogP contribution in [0.2, 0.25) is 5.02 Å². The smallest absolute Gasteiger partial charge is 0.318 e. The highest BCUT2D eigenvalue weighted by molar-refractivity contribution is 6.30. The Kier molecular flexibility index (Phi) is 29.7. The van der Waals surface area contributed by atoms with E-state index < -0.39 is 5.54 Å². The van der Waals surface area contributed by atoms with Crippen molar-refractivity contribution < 1.29 is 28.3 Å². The molecule has 6 atom stereocenters. The quantitative estimate of drug-likeness (QED) is 0.0566. The fourth-order valence-corrected chi connectivity index (χ4v) is 19.6. The molecule has 29 nitrogen and oxygen atoms in total. The first kappa shape index (κ1) is 97.7. The average Bonchev–Trinajstić information content (AvgIpc) is 1.76. The Hall–Kier alpha value is -14.9. The number of urea groups is 4. The monoisotopic (exact) mass is 1910 g/mol. The predicted molar refractivity (Wildman–Crippen MR) is 556 cm³/mol. The summed E-state index contributed by atoms with van der Waals surface area (Å²) in [5, 5.41) is 18.6. The number of pyridine rings is 1. The molecule has 13 aromatic rings. The van der Waals surface area contributed by atoms with Crippen molar-refractivity contribution in [2.45, 2.75) is 151 Å². The molecule has 8 amide bonds. The van der Waals surface area contributed by atoms with Gasteiger partial charge in [0.1, 0.15) is 60.0 Å². The van der Waals surface area contributed by atoms with Gasteiger partial charge in [-0.25, -0.2) is 68.4 Å². The van der Waals surface area contributed by atoms with Crippen LogP contribution in [0.4, 0.5) is 46.8 Å². The topological polar surface area (TPSA) is 301 Å². The summed E-state index contributed by atoms with van der Waals surface area (Å²) in [4.78, 5) is 113. The van der Waals surface area contributed by atoms with Crippen LogP contribution >= 0.6 is 11.6 Å². The number of anilines is 4. The van der Waals surface area contributed by atoms with Crippen molar-refractivity contribution in [1.29, 1.82) is 0 Å². The number of carbonyl (C=O) groups excluding carboxylic acids is 4. The van der Waals surface area contributed by atoms with E-state index in [1.807, 2.05) is 109 Å². The Morgan fingerprint density at radius 2 is 0.865 bits per heavy atom. The van der Waals surface area contributed by atoms with Crippen molar-refractivity contribution in [2.75, 3.05) is 112 Å². The Morgan fingerprint density at radius 1 is 0.454 bits per heavy atom. The van der Waals surface area contributed by atoms with E-state index >= 15 is 0 Å². The summed E-state index contributed by atoms with van der Waals surface area (Å²) in [6, 6.07) is 53.0. The van der Waals surface area contributed by atoms with Gasteiger partial charge in [-0.05, 0) is 195 Å². The van der Waals surface area contributed by atoms with Gasteiger partial charge in [0, 0.05) is 180 Å². The van der Waals surface area contributed by atoms with Crippen LogP contribution < -0.4 is 45.6 Å². The molecular weight excluding hydrogens is 1790 g/mol. The van der Waals surface area contributed by atoms with Crippen LogP contribution in [0.5, 0.6) is 5.88 Å². The second-order valence-electron chi connectivity index (χ2n) is 38.4. The number of hydrogen-bond donors (Lipinski definition) is 5. The number of hydrogen-bond acceptors (Lipinski definition) is 19. The number of carbonyl (C=O) groups is 4. The molecule has 20 rings (SSSR count). The van der Waals surface area contributed by atoms with Crippen molar-refractivity contribution in [2.24, 2.45) is 7.05 Å². The Bertz CT molecular complexity index is 6780. The second kappa shape index (κ2) is 42.8. The lowest BCUT2D eigenvalue weighted by atomic mass is 9.98. The normalized spacial score (nSPS) is 17.2. The number of H-pyrrole nitrogens is 1. The van der Waals surface area contributed by atoms with E-state index in [0.717, 1.165) is 158 Å². The lowest BCUT2D eigenvalue weighted by Gasteiger charge is -2.47. The summed E-state index contributed by atoms with van der Waals surface area (Å²) < 4.78 is 20.3. The number of allylic oxidation sites excluding steroid dienone is 3. The van der Waals surface area contributed by atoms with Gasteiger partial charge < -0.3 is 70.2 Å². The number of aromatic nitrogens is 12. The number of rotatable bonds is 17. The summed E-state index contributed by atoms with van der Waals surface area (Å²) in [6.07, 6.45) is 19.4. The minimum Gasteiger partial charge on any atom is -0.481 e. The fraction of sp³-hybridized carbons (Fsp3) is 0.345. The Balaban J connectivity index is 0.000000130. The Morgan fingerprint density at radius 3 is 1.33 bits per heavy atom. The van der Waals surface area contributed by atoms with Gasteiger partial charge in [0.05, 0.1) is 65.0 Å².